The van der Waals surface area contributed by atoms with Crippen LogP contribution in [0.3, 0.4) is 0 Å². The lowest BCUT2D eigenvalue weighted by molar-refractivity contribution is 0.0948. The molecule has 1 heterocycles. The van der Waals surface area contributed by atoms with Crippen LogP contribution in [-0.4, -0.2) is 22.9 Å². The maximum Gasteiger partial charge on any atom is 0.272 e. The monoisotopic (exact) mass is 389 g/mol. The minimum absolute atomic E-state index is 0.101. The Morgan fingerprint density at radius 3 is 2.41 bits per heavy atom. The van der Waals surface area contributed by atoms with Crippen molar-refractivity contribution in [3.05, 3.63) is 89.2 Å². The molecule has 0 saturated heterocycles. The predicted octanol–water partition coefficient (Wildman–Crippen LogP) is 4.48. The standard InChI is InChI=1S/C24H27N3O2/c1-17(2)15-25-23(28)20-11-12-21(18(3)14-20)26-24(29)22-10-7-13-27(22)16-19-8-5-4-6-9-19/h4-14,17H,15-16H2,1-3H3,(H,25,28)(H,26,29). The predicted molar refractivity (Wildman–Crippen MR) is 116 cm³/mol. The second-order valence-corrected chi connectivity index (χ2v) is 7.59. The summed E-state index contributed by atoms with van der Waals surface area (Å²) in [6.45, 7) is 7.26. The van der Waals surface area contributed by atoms with Crippen LogP contribution in [0.4, 0.5) is 5.69 Å². The van der Waals surface area contributed by atoms with Gasteiger partial charge in [0.1, 0.15) is 5.69 Å². The summed E-state index contributed by atoms with van der Waals surface area (Å²) < 4.78 is 1.92. The Kier molecular flexibility index (Phi) is 6.50. The number of benzene rings is 2. The molecule has 150 valence electrons. The highest BCUT2D eigenvalue weighted by atomic mass is 16.2. The van der Waals surface area contributed by atoms with Crippen molar-refractivity contribution in [2.24, 2.45) is 5.92 Å². The van der Waals surface area contributed by atoms with Crippen molar-refractivity contribution >= 4 is 17.5 Å². The lowest BCUT2D eigenvalue weighted by Gasteiger charge is -2.13. The lowest BCUT2D eigenvalue weighted by atomic mass is 10.1. The SMILES string of the molecule is Cc1cc(C(=O)NCC(C)C)ccc1NC(=O)c1cccn1Cc1ccccc1. The highest BCUT2D eigenvalue weighted by Gasteiger charge is 2.14. The summed E-state index contributed by atoms with van der Waals surface area (Å²) in [5.41, 5.74) is 3.85. The molecule has 0 spiro atoms. The summed E-state index contributed by atoms with van der Waals surface area (Å²) in [6, 6.07) is 19.0. The van der Waals surface area contributed by atoms with Crippen LogP contribution in [0.25, 0.3) is 0 Å². The summed E-state index contributed by atoms with van der Waals surface area (Å²) in [6.07, 6.45) is 1.90. The largest absolute Gasteiger partial charge is 0.352 e. The van der Waals surface area contributed by atoms with Gasteiger partial charge in [-0.1, -0.05) is 44.2 Å². The first-order valence-electron chi connectivity index (χ1n) is 9.83. The fraction of sp³-hybridized carbons (Fsp3) is 0.250. The Labute approximate surface area is 171 Å². The number of hydrogen-bond donors (Lipinski definition) is 2. The fourth-order valence-electron chi connectivity index (χ4n) is 3.07. The van der Waals surface area contributed by atoms with Gasteiger partial charge in [-0.3, -0.25) is 9.59 Å². The number of aromatic nitrogens is 1. The molecule has 3 rings (SSSR count). The van der Waals surface area contributed by atoms with Crippen LogP contribution in [0.2, 0.25) is 0 Å². The van der Waals surface area contributed by atoms with Crippen LogP contribution in [0, 0.1) is 12.8 Å². The fourth-order valence-corrected chi connectivity index (χ4v) is 3.07. The molecule has 5 heteroatoms. The smallest absolute Gasteiger partial charge is 0.272 e. The number of aryl methyl sites for hydroxylation is 1. The first-order valence-corrected chi connectivity index (χ1v) is 9.83. The maximum absolute atomic E-state index is 12.8. The molecule has 0 saturated carbocycles. The topological polar surface area (TPSA) is 63.1 Å². The molecule has 0 aliphatic rings. The summed E-state index contributed by atoms with van der Waals surface area (Å²) >= 11 is 0. The molecule has 0 unspecified atom stereocenters. The van der Waals surface area contributed by atoms with E-state index in [1.165, 1.54) is 0 Å². The van der Waals surface area contributed by atoms with E-state index in [0.717, 1.165) is 11.1 Å². The van der Waals surface area contributed by atoms with Gasteiger partial charge in [0.05, 0.1) is 0 Å². The number of nitrogens with one attached hydrogen (secondary N) is 2. The molecule has 0 aliphatic carbocycles. The molecule has 2 N–H and O–H groups in total. The van der Waals surface area contributed by atoms with E-state index < -0.39 is 0 Å². The minimum atomic E-state index is -0.175. The van der Waals surface area contributed by atoms with Crippen molar-refractivity contribution in [1.82, 2.24) is 9.88 Å². The molecule has 2 amide bonds. The number of rotatable bonds is 7. The minimum Gasteiger partial charge on any atom is -0.352 e. The van der Waals surface area contributed by atoms with Crippen molar-refractivity contribution in [2.45, 2.75) is 27.3 Å². The van der Waals surface area contributed by atoms with Crippen molar-refractivity contribution in [3.63, 3.8) is 0 Å². The average molecular weight is 389 g/mol. The number of hydrogen-bond acceptors (Lipinski definition) is 2. The van der Waals surface area contributed by atoms with Gasteiger partial charge in [0, 0.05) is 30.5 Å². The second-order valence-electron chi connectivity index (χ2n) is 7.59. The van der Waals surface area contributed by atoms with Gasteiger partial charge in [0.15, 0.2) is 0 Å². The Bertz CT molecular complexity index is 990. The van der Waals surface area contributed by atoms with E-state index in [4.69, 9.17) is 0 Å². The van der Waals surface area contributed by atoms with E-state index in [-0.39, 0.29) is 11.8 Å². The van der Waals surface area contributed by atoms with Crippen molar-refractivity contribution in [3.8, 4) is 0 Å². The van der Waals surface area contributed by atoms with Crippen molar-refractivity contribution in [2.75, 3.05) is 11.9 Å². The van der Waals surface area contributed by atoms with Gasteiger partial charge in [-0.05, 0) is 54.3 Å². The van der Waals surface area contributed by atoms with Gasteiger partial charge in [-0.15, -0.1) is 0 Å². The summed E-state index contributed by atoms with van der Waals surface area (Å²) in [4.78, 5) is 25.1. The molecule has 29 heavy (non-hydrogen) atoms. The van der Waals surface area contributed by atoms with E-state index >= 15 is 0 Å². The molecule has 0 fully saturated rings. The Hall–Kier alpha value is -3.34. The van der Waals surface area contributed by atoms with E-state index in [1.54, 1.807) is 24.3 Å². The van der Waals surface area contributed by atoms with Crippen LogP contribution in [0.15, 0.2) is 66.9 Å². The highest BCUT2D eigenvalue weighted by Crippen LogP contribution is 2.18. The first kappa shape index (κ1) is 20.4. The van der Waals surface area contributed by atoms with Gasteiger partial charge in [0.2, 0.25) is 0 Å². The van der Waals surface area contributed by atoms with Gasteiger partial charge in [0.25, 0.3) is 11.8 Å². The molecular weight excluding hydrogens is 362 g/mol. The number of nitrogens with zero attached hydrogens (tertiary/aromatic N) is 1. The van der Waals surface area contributed by atoms with Crippen LogP contribution in [0.5, 0.6) is 0 Å². The zero-order valence-corrected chi connectivity index (χ0v) is 17.1. The van der Waals surface area contributed by atoms with E-state index in [0.29, 0.717) is 36.0 Å². The Balaban J connectivity index is 1.70. The van der Waals surface area contributed by atoms with Gasteiger partial charge < -0.3 is 15.2 Å². The van der Waals surface area contributed by atoms with E-state index in [2.05, 4.69) is 24.5 Å². The van der Waals surface area contributed by atoms with Gasteiger partial charge in [-0.2, -0.15) is 0 Å². The Morgan fingerprint density at radius 2 is 1.72 bits per heavy atom. The molecule has 1 aromatic heterocycles. The van der Waals surface area contributed by atoms with Crippen LogP contribution < -0.4 is 10.6 Å². The molecule has 0 bridgehead atoms. The number of anilines is 1. The molecule has 2 aromatic carbocycles. The number of carbonyl (C=O) groups is 2. The van der Waals surface area contributed by atoms with Crippen LogP contribution >= 0.6 is 0 Å². The van der Waals surface area contributed by atoms with Crippen LogP contribution in [-0.2, 0) is 6.54 Å². The normalized spacial score (nSPS) is 10.8. The van der Waals surface area contributed by atoms with Gasteiger partial charge >= 0.3 is 0 Å². The molecule has 0 aliphatic heterocycles. The zero-order chi connectivity index (χ0) is 20.8. The molecule has 0 atom stereocenters. The Morgan fingerprint density at radius 1 is 0.966 bits per heavy atom. The number of carbonyl (C=O) groups excluding carboxylic acids is 2. The third-order valence-corrected chi connectivity index (χ3v) is 4.67. The molecule has 0 radical (unpaired) electrons. The molecule has 5 nitrogen and oxygen atoms in total. The maximum atomic E-state index is 12.8. The summed E-state index contributed by atoms with van der Waals surface area (Å²) in [7, 11) is 0. The first-order chi connectivity index (χ1) is 13.9. The third kappa shape index (κ3) is 5.35. The quantitative estimate of drug-likeness (QED) is 0.626. The van der Waals surface area contributed by atoms with E-state index in [1.807, 2.05) is 54.1 Å². The molecular formula is C24H27N3O2. The second kappa shape index (κ2) is 9.24. The van der Waals surface area contributed by atoms with Crippen molar-refractivity contribution in [1.29, 1.82) is 0 Å². The third-order valence-electron chi connectivity index (χ3n) is 4.67. The average Bonchev–Trinajstić information content (AvgIpc) is 3.16. The van der Waals surface area contributed by atoms with Gasteiger partial charge in [-0.25, -0.2) is 0 Å². The number of amides is 2. The summed E-state index contributed by atoms with van der Waals surface area (Å²) in [5.74, 6) is 0.119. The zero-order valence-electron chi connectivity index (χ0n) is 17.1. The highest BCUT2D eigenvalue weighted by molar-refractivity contribution is 6.04. The van der Waals surface area contributed by atoms with Crippen LogP contribution in [0.1, 0.15) is 45.8 Å². The van der Waals surface area contributed by atoms with E-state index in [9.17, 15) is 9.59 Å². The summed E-state index contributed by atoms with van der Waals surface area (Å²) in [5, 5.41) is 5.87. The van der Waals surface area contributed by atoms with Crippen molar-refractivity contribution < 1.29 is 9.59 Å². The molecule has 3 aromatic rings. The lowest BCUT2D eigenvalue weighted by Crippen LogP contribution is -2.27.